The number of ether oxygens (including phenoxy) is 1. The van der Waals surface area contributed by atoms with Crippen molar-refractivity contribution in [1.29, 1.82) is 0 Å². The number of hydrogen-bond acceptors (Lipinski definition) is 4. The Balaban J connectivity index is 2.14. The molecule has 128 valence electrons. The summed E-state index contributed by atoms with van der Waals surface area (Å²) < 4.78 is 43.2. The van der Waals surface area contributed by atoms with E-state index in [9.17, 15) is 23.1 Å². The molecule has 2 rings (SSSR count). The van der Waals surface area contributed by atoms with Gasteiger partial charge in [-0.1, -0.05) is 0 Å². The molecule has 1 fully saturated rings. The minimum atomic E-state index is -4.58. The first-order valence-corrected chi connectivity index (χ1v) is 7.45. The zero-order chi connectivity index (χ0) is 17.3. The smallest absolute Gasteiger partial charge is 0.416 e. The maximum atomic E-state index is 12.6. The van der Waals surface area contributed by atoms with Gasteiger partial charge in [-0.15, -0.1) is 0 Å². The second-order valence-corrected chi connectivity index (χ2v) is 6.25. The number of aromatic hydroxyl groups is 1. The monoisotopic (exact) mass is 331 g/mol. The zero-order valence-electron chi connectivity index (χ0n) is 13.0. The Kier molecular flexibility index (Phi) is 4.89. The van der Waals surface area contributed by atoms with Gasteiger partial charge in [-0.2, -0.15) is 13.2 Å². The molecule has 1 aliphatic heterocycles. The Hall–Kier alpha value is -1.76. The van der Waals surface area contributed by atoms with E-state index < -0.39 is 29.1 Å². The fraction of sp³-hybridized carbons (Fsp3) is 0.562. The predicted octanol–water partition coefficient (Wildman–Crippen LogP) is 3.35. The molecular formula is C16H20F3NO3. The highest BCUT2D eigenvalue weighted by Gasteiger charge is 2.36. The maximum Gasteiger partial charge on any atom is 0.416 e. The Bertz CT molecular complexity index is 578. The van der Waals surface area contributed by atoms with Gasteiger partial charge in [0.2, 0.25) is 0 Å². The van der Waals surface area contributed by atoms with Crippen LogP contribution in [0.4, 0.5) is 13.2 Å². The van der Waals surface area contributed by atoms with Gasteiger partial charge in [-0.05, 0) is 58.0 Å². The second-order valence-electron chi connectivity index (χ2n) is 6.25. The lowest BCUT2D eigenvalue weighted by molar-refractivity contribution is -0.137. The van der Waals surface area contributed by atoms with Gasteiger partial charge < -0.3 is 15.2 Å². The lowest BCUT2D eigenvalue weighted by Crippen LogP contribution is -2.42. The first-order valence-electron chi connectivity index (χ1n) is 7.45. The molecule has 23 heavy (non-hydrogen) atoms. The number of piperidine rings is 1. The number of nitrogens with one attached hydrogen (secondary N) is 1. The van der Waals surface area contributed by atoms with Crippen molar-refractivity contribution in [3.8, 4) is 5.75 Å². The molecule has 1 heterocycles. The van der Waals surface area contributed by atoms with Gasteiger partial charge in [0.1, 0.15) is 16.9 Å². The normalized spacial score (nSPS) is 17.1. The van der Waals surface area contributed by atoms with Crippen LogP contribution in [0.15, 0.2) is 18.2 Å². The number of halogens is 3. The van der Waals surface area contributed by atoms with Crippen LogP contribution in [-0.4, -0.2) is 29.8 Å². The van der Waals surface area contributed by atoms with Gasteiger partial charge in [0.15, 0.2) is 0 Å². The quantitative estimate of drug-likeness (QED) is 0.834. The Morgan fingerprint density at radius 1 is 1.26 bits per heavy atom. The summed E-state index contributed by atoms with van der Waals surface area (Å²) in [6.45, 7) is 5.22. The first-order chi connectivity index (χ1) is 10.6. The third-order valence-corrected chi connectivity index (χ3v) is 4.22. The van der Waals surface area contributed by atoms with Gasteiger partial charge in [0, 0.05) is 5.92 Å². The van der Waals surface area contributed by atoms with Crippen LogP contribution in [0.25, 0.3) is 0 Å². The van der Waals surface area contributed by atoms with Crippen molar-refractivity contribution in [3.05, 3.63) is 29.3 Å². The van der Waals surface area contributed by atoms with E-state index in [2.05, 4.69) is 5.32 Å². The predicted molar refractivity (Wildman–Crippen MR) is 78.2 cm³/mol. The molecule has 0 aromatic heterocycles. The summed E-state index contributed by atoms with van der Waals surface area (Å²) in [7, 11) is 0. The molecule has 1 saturated heterocycles. The van der Waals surface area contributed by atoms with Crippen LogP contribution in [0.5, 0.6) is 5.75 Å². The fourth-order valence-corrected chi connectivity index (χ4v) is 2.77. The highest BCUT2D eigenvalue weighted by atomic mass is 19.4. The molecule has 0 spiro atoms. The average molecular weight is 331 g/mol. The number of carbonyl (C=O) groups is 1. The number of hydrogen-bond donors (Lipinski definition) is 2. The molecule has 7 heteroatoms. The van der Waals surface area contributed by atoms with Crippen LogP contribution in [0.1, 0.15) is 42.6 Å². The molecule has 0 radical (unpaired) electrons. The number of rotatable bonds is 3. The lowest BCUT2D eigenvalue weighted by atomic mass is 9.83. The van der Waals surface area contributed by atoms with E-state index in [1.54, 1.807) is 13.8 Å². The van der Waals surface area contributed by atoms with Crippen LogP contribution in [0.3, 0.4) is 0 Å². The van der Waals surface area contributed by atoms with Crippen LogP contribution >= 0.6 is 0 Å². The van der Waals surface area contributed by atoms with Crippen LogP contribution < -0.4 is 5.32 Å². The standard InChI is InChI=1S/C16H20F3NO3/c1-15(2,10-5-7-20-8-6-10)23-14(22)12-4-3-11(9-13(12)21)16(17,18)19/h3-4,9-10,20-21H,5-8H2,1-2H3. The number of phenolic OH excluding ortho intramolecular Hbond substituents is 1. The summed E-state index contributed by atoms with van der Waals surface area (Å²) in [6, 6.07) is 2.24. The number of alkyl halides is 3. The van der Waals surface area contributed by atoms with Crippen molar-refractivity contribution in [3.63, 3.8) is 0 Å². The molecule has 0 unspecified atom stereocenters. The van der Waals surface area contributed by atoms with Crippen molar-refractivity contribution < 1.29 is 27.8 Å². The first kappa shape index (κ1) is 17.6. The molecule has 0 atom stereocenters. The zero-order valence-corrected chi connectivity index (χ0v) is 13.0. The molecule has 1 aliphatic rings. The maximum absolute atomic E-state index is 12.6. The SMILES string of the molecule is CC(C)(OC(=O)c1ccc(C(F)(F)F)cc1O)C1CCNCC1. The number of esters is 1. The minimum absolute atomic E-state index is 0.157. The summed E-state index contributed by atoms with van der Waals surface area (Å²) in [4.78, 5) is 12.2. The molecule has 0 aliphatic carbocycles. The molecule has 0 bridgehead atoms. The summed E-state index contributed by atoms with van der Waals surface area (Å²) in [5.41, 5.74) is -2.03. The molecule has 4 nitrogen and oxygen atoms in total. The van der Waals surface area contributed by atoms with Crippen LogP contribution in [0.2, 0.25) is 0 Å². The van der Waals surface area contributed by atoms with Crippen molar-refractivity contribution >= 4 is 5.97 Å². The molecule has 0 saturated carbocycles. The van der Waals surface area contributed by atoms with Gasteiger partial charge in [-0.25, -0.2) is 4.79 Å². The Morgan fingerprint density at radius 2 is 1.87 bits per heavy atom. The molecule has 2 N–H and O–H groups in total. The Morgan fingerprint density at radius 3 is 2.39 bits per heavy atom. The largest absolute Gasteiger partial charge is 0.507 e. The van der Waals surface area contributed by atoms with Crippen LogP contribution in [-0.2, 0) is 10.9 Å². The highest BCUT2D eigenvalue weighted by molar-refractivity contribution is 5.92. The molecule has 0 amide bonds. The third-order valence-electron chi connectivity index (χ3n) is 4.22. The van der Waals surface area contributed by atoms with Gasteiger partial charge in [0.05, 0.1) is 5.56 Å². The van der Waals surface area contributed by atoms with Crippen molar-refractivity contribution in [2.45, 2.75) is 38.5 Å². The lowest BCUT2D eigenvalue weighted by Gasteiger charge is -2.36. The van der Waals surface area contributed by atoms with E-state index in [1.165, 1.54) is 0 Å². The molecule has 1 aromatic rings. The summed E-state index contributed by atoms with van der Waals surface area (Å²) in [6.07, 6.45) is -2.88. The van der Waals surface area contributed by atoms with Gasteiger partial charge in [-0.3, -0.25) is 0 Å². The van der Waals surface area contributed by atoms with Crippen LogP contribution in [0, 0.1) is 5.92 Å². The van der Waals surface area contributed by atoms with Crippen molar-refractivity contribution in [2.75, 3.05) is 13.1 Å². The number of benzene rings is 1. The minimum Gasteiger partial charge on any atom is -0.507 e. The summed E-state index contributed by atoms with van der Waals surface area (Å²) in [5, 5.41) is 12.9. The van der Waals surface area contributed by atoms with E-state index in [1.807, 2.05) is 0 Å². The average Bonchev–Trinajstić information content (AvgIpc) is 2.46. The van der Waals surface area contributed by atoms with E-state index in [0.717, 1.165) is 38.1 Å². The topological polar surface area (TPSA) is 58.6 Å². The number of phenols is 1. The summed E-state index contributed by atoms with van der Waals surface area (Å²) >= 11 is 0. The van der Waals surface area contributed by atoms with Gasteiger partial charge in [0.25, 0.3) is 0 Å². The van der Waals surface area contributed by atoms with E-state index in [-0.39, 0.29) is 11.5 Å². The van der Waals surface area contributed by atoms with Crippen molar-refractivity contribution in [2.24, 2.45) is 5.92 Å². The van der Waals surface area contributed by atoms with Gasteiger partial charge >= 0.3 is 12.1 Å². The van der Waals surface area contributed by atoms with E-state index >= 15 is 0 Å². The van der Waals surface area contributed by atoms with Crippen molar-refractivity contribution in [1.82, 2.24) is 5.32 Å². The number of carbonyl (C=O) groups excluding carboxylic acids is 1. The Labute approximate surface area is 132 Å². The molecular weight excluding hydrogens is 311 g/mol. The third kappa shape index (κ3) is 4.16. The van der Waals surface area contributed by atoms with E-state index in [0.29, 0.717) is 6.07 Å². The second kappa shape index (κ2) is 6.39. The fourth-order valence-electron chi connectivity index (χ4n) is 2.77. The molecule has 1 aromatic carbocycles. The summed E-state index contributed by atoms with van der Waals surface area (Å²) in [5.74, 6) is -1.39. The van der Waals surface area contributed by atoms with E-state index in [4.69, 9.17) is 4.74 Å². The highest BCUT2D eigenvalue weighted by Crippen LogP contribution is 2.34.